The number of quaternary nitrogens is 1. The fourth-order valence-corrected chi connectivity index (χ4v) is 1.25. The van der Waals surface area contributed by atoms with Crippen molar-refractivity contribution in [2.24, 2.45) is 0 Å². The lowest BCUT2D eigenvalue weighted by Crippen LogP contribution is -2.54. The molecule has 0 aromatic carbocycles. The number of carbonyl (C=O) groups is 2. The number of likely N-dealkylation sites (N-methyl/N-ethyl adjacent to an activating group) is 1. The van der Waals surface area contributed by atoms with Crippen molar-refractivity contribution in [3.8, 4) is 0 Å². The molecule has 0 N–H and O–H groups in total. The maximum Gasteiger partial charge on any atom is 0.373 e. The van der Waals surface area contributed by atoms with E-state index in [0.717, 1.165) is 0 Å². The maximum atomic E-state index is 11.4. The smallest absolute Gasteiger partial charge is 0.373 e. The molecule has 0 rings (SSSR count). The molecule has 0 aliphatic heterocycles. The second kappa shape index (κ2) is 4.37. The number of Topliss-reactive ketones (excluding diaryl/α,β-unsaturated/α-hetero) is 1. The fraction of sp³-hybridized carbons (Fsp3) is 0.778. The third kappa shape index (κ3) is 3.55. The van der Waals surface area contributed by atoms with Crippen LogP contribution in [0, 0.1) is 0 Å². The second-order valence-corrected chi connectivity index (χ2v) is 3.88. The molecule has 1 unspecified atom stereocenters. The number of carbonyl (C=O) groups excluding carboxylic acids is 2. The van der Waals surface area contributed by atoms with Gasteiger partial charge in [-0.25, -0.2) is 4.79 Å². The first-order valence-electron chi connectivity index (χ1n) is 4.29. The minimum Gasteiger partial charge on any atom is -0.461 e. The van der Waals surface area contributed by atoms with E-state index in [-0.39, 0.29) is 10.3 Å². The summed E-state index contributed by atoms with van der Waals surface area (Å²) in [7, 11) is 5.38. The molecule has 4 nitrogen and oxygen atoms in total. The number of ether oxygens (including phenoxy) is 1. The van der Waals surface area contributed by atoms with Crippen LogP contribution in [0.4, 0.5) is 0 Å². The summed E-state index contributed by atoms with van der Waals surface area (Å²) in [5.41, 5.74) is 0. The van der Waals surface area contributed by atoms with Crippen LogP contribution in [0.15, 0.2) is 0 Å². The molecule has 76 valence electrons. The highest BCUT2D eigenvalue weighted by molar-refractivity contribution is 6.00. The van der Waals surface area contributed by atoms with Crippen LogP contribution in [-0.2, 0) is 14.3 Å². The Balaban J connectivity index is 4.63. The Labute approximate surface area is 79.1 Å². The Kier molecular flexibility index (Phi) is 4.07. The van der Waals surface area contributed by atoms with Gasteiger partial charge in [-0.05, 0) is 6.92 Å². The van der Waals surface area contributed by atoms with Crippen molar-refractivity contribution < 1.29 is 18.8 Å². The lowest BCUT2D eigenvalue weighted by molar-refractivity contribution is -0.878. The Morgan fingerprint density at radius 1 is 1.31 bits per heavy atom. The highest BCUT2D eigenvalue weighted by atomic mass is 16.5. The van der Waals surface area contributed by atoms with E-state index in [9.17, 15) is 9.59 Å². The average Bonchev–Trinajstić information content (AvgIpc) is 1.82. The van der Waals surface area contributed by atoms with Crippen LogP contribution in [0.25, 0.3) is 0 Å². The van der Waals surface area contributed by atoms with E-state index >= 15 is 0 Å². The van der Waals surface area contributed by atoms with Crippen LogP contribution in [0.5, 0.6) is 0 Å². The van der Waals surface area contributed by atoms with Gasteiger partial charge >= 0.3 is 5.97 Å². The Hall–Kier alpha value is -0.900. The summed E-state index contributed by atoms with van der Waals surface area (Å²) in [5.74, 6) is -0.603. The molecule has 0 aromatic rings. The van der Waals surface area contributed by atoms with Crippen molar-refractivity contribution in [1.29, 1.82) is 0 Å². The Bertz CT molecular complexity index is 205. The van der Waals surface area contributed by atoms with Crippen molar-refractivity contribution in [2.75, 3.05) is 27.7 Å². The third-order valence-electron chi connectivity index (χ3n) is 1.67. The van der Waals surface area contributed by atoms with Gasteiger partial charge in [0.1, 0.15) is 0 Å². The Morgan fingerprint density at radius 2 is 1.77 bits per heavy atom. The van der Waals surface area contributed by atoms with E-state index in [4.69, 9.17) is 4.74 Å². The molecule has 0 aliphatic carbocycles. The van der Waals surface area contributed by atoms with Gasteiger partial charge in [0, 0.05) is 6.92 Å². The molecule has 0 radical (unpaired) electrons. The zero-order chi connectivity index (χ0) is 10.6. The molecule has 1 atom stereocenters. The maximum absolute atomic E-state index is 11.4. The molecule has 0 saturated heterocycles. The molecular formula is C9H18NO3+. The minimum atomic E-state index is -0.708. The van der Waals surface area contributed by atoms with Crippen LogP contribution >= 0.6 is 0 Å². The number of hydrogen-bond acceptors (Lipinski definition) is 3. The lowest BCUT2D eigenvalue weighted by atomic mass is 10.1. The summed E-state index contributed by atoms with van der Waals surface area (Å²) in [4.78, 5) is 22.6. The highest BCUT2D eigenvalue weighted by Gasteiger charge is 2.37. The van der Waals surface area contributed by atoms with Gasteiger partial charge in [-0.1, -0.05) is 0 Å². The zero-order valence-electron chi connectivity index (χ0n) is 8.96. The van der Waals surface area contributed by atoms with Gasteiger partial charge in [-0.3, -0.25) is 4.79 Å². The predicted octanol–water partition coefficient (Wildman–Crippen LogP) is 0.213. The van der Waals surface area contributed by atoms with Crippen molar-refractivity contribution in [3.63, 3.8) is 0 Å². The third-order valence-corrected chi connectivity index (χ3v) is 1.67. The Morgan fingerprint density at radius 3 is 2.00 bits per heavy atom. The minimum absolute atomic E-state index is 0.161. The first kappa shape index (κ1) is 12.1. The van der Waals surface area contributed by atoms with E-state index < -0.39 is 12.0 Å². The topological polar surface area (TPSA) is 43.4 Å². The predicted molar refractivity (Wildman–Crippen MR) is 49.1 cm³/mol. The second-order valence-electron chi connectivity index (χ2n) is 3.88. The molecule has 13 heavy (non-hydrogen) atoms. The highest BCUT2D eigenvalue weighted by Crippen LogP contribution is 2.06. The largest absolute Gasteiger partial charge is 0.461 e. The summed E-state index contributed by atoms with van der Waals surface area (Å²) >= 11 is 0. The van der Waals surface area contributed by atoms with E-state index in [2.05, 4.69) is 0 Å². The number of ketones is 1. The van der Waals surface area contributed by atoms with Gasteiger partial charge in [0.2, 0.25) is 6.04 Å². The van der Waals surface area contributed by atoms with Crippen molar-refractivity contribution in [2.45, 2.75) is 19.9 Å². The van der Waals surface area contributed by atoms with E-state index in [1.165, 1.54) is 6.92 Å². The van der Waals surface area contributed by atoms with Crippen LogP contribution in [-0.4, -0.2) is 50.0 Å². The first-order chi connectivity index (χ1) is 5.80. The van der Waals surface area contributed by atoms with E-state index in [1.807, 2.05) is 0 Å². The molecular weight excluding hydrogens is 170 g/mol. The van der Waals surface area contributed by atoms with Crippen LogP contribution in [0.1, 0.15) is 13.8 Å². The van der Waals surface area contributed by atoms with Gasteiger partial charge in [-0.2, -0.15) is 0 Å². The summed E-state index contributed by atoms with van der Waals surface area (Å²) in [6.07, 6.45) is 0. The number of rotatable bonds is 4. The van der Waals surface area contributed by atoms with Crippen LogP contribution < -0.4 is 0 Å². The SMILES string of the molecule is CCOC(=O)C(C(C)=O)[N+](C)(C)C. The zero-order valence-corrected chi connectivity index (χ0v) is 8.96. The number of esters is 1. The molecule has 0 amide bonds. The molecule has 0 aliphatic rings. The van der Waals surface area contributed by atoms with Gasteiger partial charge in [0.05, 0.1) is 27.7 Å². The lowest BCUT2D eigenvalue weighted by Gasteiger charge is -2.30. The molecule has 0 aromatic heterocycles. The molecule has 0 saturated carbocycles. The monoisotopic (exact) mass is 188 g/mol. The molecule has 0 heterocycles. The number of hydrogen-bond donors (Lipinski definition) is 0. The van der Waals surface area contributed by atoms with Crippen molar-refractivity contribution >= 4 is 11.8 Å². The summed E-state index contributed by atoms with van der Waals surface area (Å²) < 4.78 is 5.09. The summed E-state index contributed by atoms with van der Waals surface area (Å²) in [6, 6.07) is -0.708. The van der Waals surface area contributed by atoms with Gasteiger partial charge < -0.3 is 9.22 Å². The molecule has 0 fully saturated rings. The summed E-state index contributed by atoms with van der Waals surface area (Å²) in [6.45, 7) is 3.44. The van der Waals surface area contributed by atoms with Crippen molar-refractivity contribution in [1.82, 2.24) is 0 Å². The normalized spacial score (nSPS) is 13.6. The van der Waals surface area contributed by atoms with E-state index in [1.54, 1.807) is 28.1 Å². The van der Waals surface area contributed by atoms with Crippen LogP contribution in [0.3, 0.4) is 0 Å². The molecule has 4 heteroatoms. The van der Waals surface area contributed by atoms with E-state index in [0.29, 0.717) is 6.61 Å². The van der Waals surface area contributed by atoms with Crippen LogP contribution in [0.2, 0.25) is 0 Å². The fourth-order valence-electron chi connectivity index (χ4n) is 1.25. The van der Waals surface area contributed by atoms with Gasteiger partial charge in [-0.15, -0.1) is 0 Å². The summed E-state index contributed by atoms with van der Waals surface area (Å²) in [5, 5.41) is 0. The van der Waals surface area contributed by atoms with Gasteiger partial charge in [0.15, 0.2) is 5.78 Å². The quantitative estimate of drug-likeness (QED) is 0.360. The molecule has 0 spiro atoms. The first-order valence-corrected chi connectivity index (χ1v) is 4.29. The standard InChI is InChI=1S/C9H18NO3/c1-6-13-9(12)8(7(2)11)10(3,4)5/h8H,6H2,1-5H3/q+1. The molecule has 0 bridgehead atoms. The van der Waals surface area contributed by atoms with Gasteiger partial charge in [0.25, 0.3) is 0 Å². The average molecular weight is 188 g/mol. The number of nitrogens with zero attached hydrogens (tertiary/aromatic N) is 1. The van der Waals surface area contributed by atoms with Crippen molar-refractivity contribution in [3.05, 3.63) is 0 Å².